The van der Waals surface area contributed by atoms with E-state index in [1.807, 2.05) is 26.8 Å². The second-order valence-electron chi connectivity index (χ2n) is 5.15. The molecule has 1 N–H and O–H groups in total. The molecule has 0 bridgehead atoms. The first kappa shape index (κ1) is 16.0. The van der Waals surface area contributed by atoms with Gasteiger partial charge in [0.2, 0.25) is 10.0 Å². The van der Waals surface area contributed by atoms with E-state index < -0.39 is 10.0 Å². The predicted octanol–water partition coefficient (Wildman–Crippen LogP) is 3.38. The number of hydrogen-bond donors (Lipinski definition) is 1. The minimum Gasteiger partial charge on any atom is -0.210 e. The van der Waals surface area contributed by atoms with E-state index in [-0.39, 0.29) is 5.41 Å². The molecule has 0 unspecified atom stereocenters. The first-order valence-corrected chi connectivity index (χ1v) is 8.72. The summed E-state index contributed by atoms with van der Waals surface area (Å²) in [5.74, 6) is 0.611. The van der Waals surface area contributed by atoms with Crippen LogP contribution in [-0.4, -0.2) is 20.8 Å². The van der Waals surface area contributed by atoms with Crippen LogP contribution >= 0.6 is 22.9 Å². The van der Waals surface area contributed by atoms with Crippen LogP contribution in [0.1, 0.15) is 31.6 Å². The molecule has 0 aliphatic heterocycles. The lowest BCUT2D eigenvalue weighted by molar-refractivity contribution is 0.331. The number of thiophene rings is 1. The molecule has 1 aromatic rings. The average molecular weight is 310 g/mol. The van der Waals surface area contributed by atoms with Crippen LogP contribution in [-0.2, 0) is 10.0 Å². The van der Waals surface area contributed by atoms with Crippen LogP contribution in [0.25, 0.3) is 0 Å². The third-order valence-corrected chi connectivity index (χ3v) is 5.87. The largest absolute Gasteiger partial charge is 0.250 e. The van der Waals surface area contributed by atoms with Crippen molar-refractivity contribution >= 4 is 33.0 Å². The highest BCUT2D eigenvalue weighted by Gasteiger charge is 2.22. The third-order valence-electron chi connectivity index (χ3n) is 2.71. The quantitative estimate of drug-likeness (QED) is 0.785. The summed E-state index contributed by atoms with van der Waals surface area (Å²) in [6.07, 6.45) is 1.80. The Labute approximate surface area is 119 Å². The van der Waals surface area contributed by atoms with E-state index in [0.717, 1.165) is 17.7 Å². The molecule has 0 radical (unpaired) electrons. The van der Waals surface area contributed by atoms with Crippen LogP contribution in [0, 0.1) is 12.3 Å². The zero-order valence-corrected chi connectivity index (χ0v) is 13.4. The molecule has 104 valence electrons. The zero-order chi connectivity index (χ0) is 13.8. The van der Waals surface area contributed by atoms with Crippen LogP contribution in [0.3, 0.4) is 0 Å². The lowest BCUT2D eigenvalue weighted by atomic mass is 9.88. The van der Waals surface area contributed by atoms with Gasteiger partial charge in [-0.05, 0) is 37.3 Å². The maximum Gasteiger partial charge on any atom is 0.250 e. The maximum absolute atomic E-state index is 12.0. The molecule has 0 amide bonds. The number of sulfonamides is 1. The van der Waals surface area contributed by atoms with Crippen LogP contribution in [0.5, 0.6) is 0 Å². The molecule has 1 rings (SSSR count). The topological polar surface area (TPSA) is 46.2 Å². The molecule has 1 heterocycles. The molecule has 0 saturated heterocycles. The minimum atomic E-state index is -3.36. The lowest BCUT2D eigenvalue weighted by Gasteiger charge is -2.24. The summed E-state index contributed by atoms with van der Waals surface area (Å²) in [5.41, 5.74) is -0.0751. The number of halogens is 1. The molecule has 0 atom stereocenters. The Morgan fingerprint density at radius 3 is 2.56 bits per heavy atom. The van der Waals surface area contributed by atoms with E-state index in [2.05, 4.69) is 4.72 Å². The maximum atomic E-state index is 12.0. The van der Waals surface area contributed by atoms with Crippen molar-refractivity contribution in [3.63, 3.8) is 0 Å². The third kappa shape index (κ3) is 4.88. The highest BCUT2D eigenvalue weighted by Crippen LogP contribution is 2.24. The van der Waals surface area contributed by atoms with Crippen molar-refractivity contribution in [2.45, 2.75) is 37.8 Å². The summed E-state index contributed by atoms with van der Waals surface area (Å²) in [6.45, 7) is 6.42. The van der Waals surface area contributed by atoms with E-state index >= 15 is 0 Å². The van der Waals surface area contributed by atoms with Crippen molar-refractivity contribution in [1.29, 1.82) is 0 Å². The van der Waals surface area contributed by atoms with E-state index in [9.17, 15) is 8.42 Å². The average Bonchev–Trinajstić information content (AvgIpc) is 2.72. The molecule has 0 saturated carbocycles. The van der Waals surface area contributed by atoms with Gasteiger partial charge in [0.1, 0.15) is 4.21 Å². The predicted molar refractivity (Wildman–Crippen MR) is 78.0 cm³/mol. The number of hydrogen-bond acceptors (Lipinski definition) is 3. The highest BCUT2D eigenvalue weighted by molar-refractivity contribution is 7.91. The van der Waals surface area contributed by atoms with Crippen LogP contribution in [0.15, 0.2) is 16.3 Å². The molecule has 0 aliphatic rings. The number of nitrogens with one attached hydrogen (secondary N) is 1. The van der Waals surface area contributed by atoms with E-state index in [1.54, 1.807) is 6.07 Å². The van der Waals surface area contributed by atoms with Gasteiger partial charge in [-0.2, -0.15) is 0 Å². The lowest BCUT2D eigenvalue weighted by Crippen LogP contribution is -2.33. The number of aryl methyl sites for hydroxylation is 1. The fourth-order valence-electron chi connectivity index (χ4n) is 1.55. The van der Waals surface area contributed by atoms with Gasteiger partial charge >= 0.3 is 0 Å². The van der Waals surface area contributed by atoms with Crippen molar-refractivity contribution < 1.29 is 8.42 Å². The van der Waals surface area contributed by atoms with Crippen molar-refractivity contribution in [3.8, 4) is 0 Å². The molecule has 0 aliphatic carbocycles. The van der Waals surface area contributed by atoms with Crippen LogP contribution < -0.4 is 4.72 Å². The normalized spacial score (nSPS) is 12.9. The Morgan fingerprint density at radius 1 is 1.39 bits per heavy atom. The van der Waals surface area contributed by atoms with Gasteiger partial charge in [0.05, 0.1) is 0 Å². The molecular formula is C12H20ClNO2S2. The summed E-state index contributed by atoms with van der Waals surface area (Å²) in [6, 6.07) is 3.46. The summed E-state index contributed by atoms with van der Waals surface area (Å²) in [4.78, 5) is 0.997. The molecule has 0 aromatic carbocycles. The SMILES string of the molecule is Cc1ccc(S(=O)(=O)NCC(C)(C)CCCCl)s1. The van der Waals surface area contributed by atoms with Gasteiger partial charge in [0.15, 0.2) is 0 Å². The molecule has 0 spiro atoms. The molecule has 6 heteroatoms. The van der Waals surface area contributed by atoms with Gasteiger partial charge < -0.3 is 0 Å². The van der Waals surface area contributed by atoms with Crippen molar-refractivity contribution in [2.75, 3.05) is 12.4 Å². The van der Waals surface area contributed by atoms with Gasteiger partial charge in [-0.1, -0.05) is 13.8 Å². The number of alkyl halides is 1. The van der Waals surface area contributed by atoms with Crippen molar-refractivity contribution in [1.82, 2.24) is 4.72 Å². The van der Waals surface area contributed by atoms with Crippen LogP contribution in [0.2, 0.25) is 0 Å². The smallest absolute Gasteiger partial charge is 0.210 e. The Hall–Kier alpha value is -0.100. The first-order valence-electron chi connectivity index (χ1n) is 5.89. The van der Waals surface area contributed by atoms with E-state index in [0.29, 0.717) is 16.6 Å². The Morgan fingerprint density at radius 2 is 2.06 bits per heavy atom. The Balaban J connectivity index is 2.62. The van der Waals surface area contributed by atoms with Crippen molar-refractivity contribution in [2.24, 2.45) is 5.41 Å². The van der Waals surface area contributed by atoms with E-state index in [1.165, 1.54) is 11.3 Å². The summed E-state index contributed by atoms with van der Waals surface area (Å²) < 4.78 is 27.1. The first-order chi connectivity index (χ1) is 8.27. The molecule has 3 nitrogen and oxygen atoms in total. The molecule has 1 aromatic heterocycles. The second kappa shape index (κ2) is 6.37. The zero-order valence-electron chi connectivity index (χ0n) is 11.0. The monoisotopic (exact) mass is 309 g/mol. The summed E-state index contributed by atoms with van der Waals surface area (Å²) >= 11 is 6.95. The Kier molecular flexibility index (Phi) is 5.65. The number of rotatable bonds is 7. The summed E-state index contributed by atoms with van der Waals surface area (Å²) in [5, 5.41) is 0. The van der Waals surface area contributed by atoms with Gasteiger partial charge in [-0.3, -0.25) is 0 Å². The van der Waals surface area contributed by atoms with Gasteiger partial charge in [-0.25, -0.2) is 13.1 Å². The van der Waals surface area contributed by atoms with Gasteiger partial charge in [-0.15, -0.1) is 22.9 Å². The standard InChI is InChI=1S/C12H20ClNO2S2/c1-10-5-6-11(17-10)18(15,16)14-9-12(2,3)7-4-8-13/h5-6,14H,4,7-9H2,1-3H3. The van der Waals surface area contributed by atoms with E-state index in [4.69, 9.17) is 11.6 Å². The molecule has 18 heavy (non-hydrogen) atoms. The van der Waals surface area contributed by atoms with Crippen LogP contribution in [0.4, 0.5) is 0 Å². The highest BCUT2D eigenvalue weighted by atomic mass is 35.5. The minimum absolute atomic E-state index is 0.0751. The second-order valence-corrected chi connectivity index (χ2v) is 8.81. The van der Waals surface area contributed by atoms with Gasteiger partial charge in [0, 0.05) is 17.3 Å². The molecular weight excluding hydrogens is 290 g/mol. The fourth-order valence-corrected chi connectivity index (χ4v) is 4.26. The summed E-state index contributed by atoms with van der Waals surface area (Å²) in [7, 11) is -3.36. The fraction of sp³-hybridized carbons (Fsp3) is 0.667. The Bertz CT molecular complexity index is 480. The molecule has 0 fully saturated rings. The van der Waals surface area contributed by atoms with Gasteiger partial charge in [0.25, 0.3) is 0 Å². The van der Waals surface area contributed by atoms with Crippen molar-refractivity contribution in [3.05, 3.63) is 17.0 Å².